The van der Waals surface area contributed by atoms with E-state index in [1.165, 1.54) is 16.9 Å². The maximum Gasteiger partial charge on any atom is 0.389 e. The van der Waals surface area contributed by atoms with Crippen LogP contribution >= 0.6 is 0 Å². The molecule has 9 nitrogen and oxygen atoms in total. The highest BCUT2D eigenvalue weighted by Crippen LogP contribution is 2.04. The van der Waals surface area contributed by atoms with Crippen LogP contribution in [0.2, 0.25) is 0 Å². The lowest BCUT2D eigenvalue weighted by molar-refractivity contribution is -0.389. The molecule has 1 aromatic rings. The van der Waals surface area contributed by atoms with Crippen LogP contribution in [-0.2, 0) is 16.1 Å². The van der Waals surface area contributed by atoms with Crippen LogP contribution < -0.4 is 10.6 Å². The first-order chi connectivity index (χ1) is 9.13. The van der Waals surface area contributed by atoms with E-state index < -0.39 is 4.92 Å². The maximum absolute atomic E-state index is 11.5. The molecule has 0 spiro atoms. The highest BCUT2D eigenvalue weighted by atomic mass is 16.6. The largest absolute Gasteiger partial charge is 0.389 e. The van der Waals surface area contributed by atoms with Gasteiger partial charge >= 0.3 is 5.82 Å². The number of nitro groups is 1. The summed E-state index contributed by atoms with van der Waals surface area (Å²) < 4.78 is 6.08. The lowest BCUT2D eigenvalue weighted by Gasteiger charge is -2.05. The smallest absolute Gasteiger partial charge is 0.383 e. The quantitative estimate of drug-likeness (QED) is 0.343. The van der Waals surface area contributed by atoms with Crippen LogP contribution in [0, 0.1) is 10.1 Å². The fourth-order valence-corrected chi connectivity index (χ4v) is 1.33. The van der Waals surface area contributed by atoms with E-state index >= 15 is 0 Å². The Kier molecular flexibility index (Phi) is 6.47. The van der Waals surface area contributed by atoms with Gasteiger partial charge in [-0.05, 0) is 4.92 Å². The van der Waals surface area contributed by atoms with E-state index in [1.54, 1.807) is 7.11 Å². The maximum atomic E-state index is 11.5. The van der Waals surface area contributed by atoms with Crippen molar-refractivity contribution >= 4 is 11.7 Å². The zero-order valence-corrected chi connectivity index (χ0v) is 10.7. The average molecular weight is 271 g/mol. The second-order valence-electron chi connectivity index (χ2n) is 3.72. The predicted octanol–water partition coefficient (Wildman–Crippen LogP) is -0.856. The van der Waals surface area contributed by atoms with Gasteiger partial charge < -0.3 is 25.5 Å². The standard InChI is InChI=1S/C10H17N5O4/c1-19-7-5-11-3-4-12-10(16)8-14-6-2-9(13-14)15(17)18/h2,6,11H,3-5,7-8H2,1H3,(H,12,16). The van der Waals surface area contributed by atoms with Crippen molar-refractivity contribution in [3.05, 3.63) is 22.4 Å². The number of hydrogen-bond acceptors (Lipinski definition) is 6. The molecule has 9 heteroatoms. The monoisotopic (exact) mass is 271 g/mol. The van der Waals surface area contributed by atoms with Gasteiger partial charge in [0.25, 0.3) is 0 Å². The van der Waals surface area contributed by atoms with Gasteiger partial charge in [0.1, 0.15) is 6.54 Å². The average Bonchev–Trinajstić information content (AvgIpc) is 2.82. The van der Waals surface area contributed by atoms with Gasteiger partial charge in [-0.1, -0.05) is 0 Å². The third kappa shape index (κ3) is 5.93. The molecule has 1 heterocycles. The van der Waals surface area contributed by atoms with Gasteiger partial charge in [-0.2, -0.15) is 4.68 Å². The Morgan fingerprint density at radius 1 is 1.53 bits per heavy atom. The minimum Gasteiger partial charge on any atom is -0.383 e. The zero-order valence-electron chi connectivity index (χ0n) is 10.7. The summed E-state index contributed by atoms with van der Waals surface area (Å²) in [5.41, 5.74) is 0. The van der Waals surface area contributed by atoms with Gasteiger partial charge in [0.15, 0.2) is 0 Å². The molecule has 0 bridgehead atoms. The zero-order chi connectivity index (χ0) is 14.1. The molecule has 0 saturated heterocycles. The summed E-state index contributed by atoms with van der Waals surface area (Å²) in [6.45, 7) is 2.41. The summed E-state index contributed by atoms with van der Waals surface area (Å²) in [5, 5.41) is 19.8. The molecule has 0 unspecified atom stereocenters. The molecule has 0 aliphatic rings. The Bertz CT molecular complexity index is 420. The minimum atomic E-state index is -0.603. The van der Waals surface area contributed by atoms with E-state index in [0.29, 0.717) is 19.7 Å². The second-order valence-corrected chi connectivity index (χ2v) is 3.72. The minimum absolute atomic E-state index is 0.0358. The molecule has 0 radical (unpaired) electrons. The first kappa shape index (κ1) is 15.1. The van der Waals surface area contributed by atoms with E-state index in [0.717, 1.165) is 6.54 Å². The second kappa shape index (κ2) is 8.16. The molecule has 0 fully saturated rings. The van der Waals surface area contributed by atoms with Crippen LogP contribution in [0.4, 0.5) is 5.82 Å². The van der Waals surface area contributed by atoms with Crippen molar-refractivity contribution in [2.24, 2.45) is 0 Å². The van der Waals surface area contributed by atoms with Crippen molar-refractivity contribution in [3.63, 3.8) is 0 Å². The van der Waals surface area contributed by atoms with Gasteiger partial charge in [0.2, 0.25) is 5.91 Å². The molecule has 2 N–H and O–H groups in total. The number of amides is 1. The van der Waals surface area contributed by atoms with Crippen molar-refractivity contribution in [3.8, 4) is 0 Å². The van der Waals surface area contributed by atoms with Gasteiger partial charge in [-0.15, -0.1) is 0 Å². The molecular weight excluding hydrogens is 254 g/mol. The molecule has 0 saturated carbocycles. The summed E-state index contributed by atoms with van der Waals surface area (Å²) in [4.78, 5) is 21.3. The molecule has 1 rings (SSSR count). The number of aromatic nitrogens is 2. The summed E-state index contributed by atoms with van der Waals surface area (Å²) in [5.74, 6) is -0.513. The first-order valence-electron chi connectivity index (χ1n) is 5.77. The Morgan fingerprint density at radius 3 is 2.95 bits per heavy atom. The molecule has 1 aromatic heterocycles. The SMILES string of the molecule is COCCNCCNC(=O)Cn1ccc([N+](=O)[O-])n1. The summed E-state index contributed by atoms with van der Waals surface area (Å²) in [6, 6.07) is 1.25. The lowest BCUT2D eigenvalue weighted by atomic mass is 10.5. The molecule has 19 heavy (non-hydrogen) atoms. The number of carbonyl (C=O) groups excluding carboxylic acids is 1. The van der Waals surface area contributed by atoms with Gasteiger partial charge in [0.05, 0.1) is 24.0 Å². The van der Waals surface area contributed by atoms with Crippen molar-refractivity contribution in [2.75, 3.05) is 33.4 Å². The van der Waals surface area contributed by atoms with Crippen LogP contribution in [-0.4, -0.2) is 54.0 Å². The highest BCUT2D eigenvalue weighted by molar-refractivity contribution is 5.75. The van der Waals surface area contributed by atoms with Gasteiger partial charge in [-0.3, -0.25) is 4.79 Å². The van der Waals surface area contributed by atoms with Gasteiger partial charge in [0, 0.05) is 26.7 Å². The van der Waals surface area contributed by atoms with E-state index in [1.807, 2.05) is 0 Å². The third-order valence-corrected chi connectivity index (χ3v) is 2.23. The van der Waals surface area contributed by atoms with Crippen molar-refractivity contribution in [1.82, 2.24) is 20.4 Å². The Balaban J connectivity index is 2.18. The normalized spacial score (nSPS) is 10.4. The predicted molar refractivity (Wildman–Crippen MR) is 66.6 cm³/mol. The Morgan fingerprint density at radius 2 is 2.32 bits per heavy atom. The highest BCUT2D eigenvalue weighted by Gasteiger charge is 2.12. The van der Waals surface area contributed by atoms with Crippen LogP contribution in [0.1, 0.15) is 0 Å². The fraction of sp³-hybridized carbons (Fsp3) is 0.600. The molecule has 0 aliphatic heterocycles. The number of nitrogens with one attached hydrogen (secondary N) is 2. The number of carbonyl (C=O) groups is 1. The molecule has 0 aromatic carbocycles. The van der Waals surface area contributed by atoms with E-state index in [-0.39, 0.29) is 18.3 Å². The first-order valence-corrected chi connectivity index (χ1v) is 5.77. The number of ether oxygens (including phenoxy) is 1. The molecule has 0 atom stereocenters. The van der Waals surface area contributed by atoms with Crippen molar-refractivity contribution < 1.29 is 14.5 Å². The molecular formula is C10H17N5O4. The van der Waals surface area contributed by atoms with Crippen LogP contribution in [0.25, 0.3) is 0 Å². The topological polar surface area (TPSA) is 111 Å². The number of hydrogen-bond donors (Lipinski definition) is 2. The van der Waals surface area contributed by atoms with Crippen LogP contribution in [0.15, 0.2) is 12.3 Å². The lowest BCUT2D eigenvalue weighted by Crippen LogP contribution is -2.34. The molecule has 106 valence electrons. The summed E-state index contributed by atoms with van der Waals surface area (Å²) in [7, 11) is 1.62. The molecule has 1 amide bonds. The Labute approximate surface area is 110 Å². The number of nitrogens with zero attached hydrogens (tertiary/aromatic N) is 3. The Hall–Kier alpha value is -2.00. The van der Waals surface area contributed by atoms with Crippen molar-refractivity contribution in [2.45, 2.75) is 6.54 Å². The number of methoxy groups -OCH3 is 1. The molecule has 0 aliphatic carbocycles. The van der Waals surface area contributed by atoms with E-state index in [4.69, 9.17) is 4.74 Å². The third-order valence-electron chi connectivity index (χ3n) is 2.23. The number of rotatable bonds is 9. The van der Waals surface area contributed by atoms with Gasteiger partial charge in [-0.25, -0.2) is 0 Å². The fourth-order valence-electron chi connectivity index (χ4n) is 1.33. The summed E-state index contributed by atoms with van der Waals surface area (Å²) in [6.07, 6.45) is 1.40. The van der Waals surface area contributed by atoms with Crippen LogP contribution in [0.5, 0.6) is 0 Å². The van der Waals surface area contributed by atoms with Crippen LogP contribution in [0.3, 0.4) is 0 Å². The van der Waals surface area contributed by atoms with Crippen molar-refractivity contribution in [1.29, 1.82) is 0 Å². The van der Waals surface area contributed by atoms with E-state index in [2.05, 4.69) is 15.7 Å². The summed E-state index contributed by atoms with van der Waals surface area (Å²) >= 11 is 0. The van der Waals surface area contributed by atoms with E-state index in [9.17, 15) is 14.9 Å².